The topological polar surface area (TPSA) is 61.8 Å². The van der Waals surface area contributed by atoms with Crippen molar-refractivity contribution in [2.45, 2.75) is 6.42 Å². The van der Waals surface area contributed by atoms with Crippen molar-refractivity contribution >= 4 is 11.7 Å². The first-order valence-electron chi connectivity index (χ1n) is 6.13. The Morgan fingerprint density at radius 2 is 1.94 bits per heavy atom. The summed E-state index contributed by atoms with van der Waals surface area (Å²) < 4.78 is 5.20. The molecule has 18 heavy (non-hydrogen) atoms. The molecule has 2 N–H and O–H groups in total. The molecule has 1 aromatic rings. The second-order valence-corrected chi connectivity index (χ2v) is 4.20. The molecule has 1 fully saturated rings. The molecule has 0 unspecified atom stereocenters. The monoisotopic (exact) mass is 250 g/mol. The first-order chi connectivity index (χ1) is 8.79. The summed E-state index contributed by atoms with van der Waals surface area (Å²) in [4.78, 5) is 13.6. The van der Waals surface area contributed by atoms with Crippen LogP contribution < -0.4 is 5.32 Å². The maximum atomic E-state index is 11.9. The number of anilines is 1. The lowest BCUT2D eigenvalue weighted by Crippen LogP contribution is -2.43. The lowest BCUT2D eigenvalue weighted by Gasteiger charge is -2.26. The third kappa shape index (κ3) is 3.45. The van der Waals surface area contributed by atoms with Crippen molar-refractivity contribution in [3.8, 4) is 0 Å². The predicted octanol–water partition coefficient (Wildman–Crippen LogP) is 1.09. The molecule has 1 heterocycles. The van der Waals surface area contributed by atoms with E-state index in [0.29, 0.717) is 32.7 Å². The molecule has 5 nitrogen and oxygen atoms in total. The van der Waals surface area contributed by atoms with Crippen molar-refractivity contribution in [1.82, 2.24) is 4.90 Å². The maximum absolute atomic E-state index is 11.9. The van der Waals surface area contributed by atoms with Gasteiger partial charge in [-0.15, -0.1) is 0 Å². The summed E-state index contributed by atoms with van der Waals surface area (Å²) in [6.07, 6.45) is 0.637. The third-order valence-electron chi connectivity index (χ3n) is 2.90. The molecule has 5 heteroatoms. The van der Waals surface area contributed by atoms with Gasteiger partial charge in [0.05, 0.1) is 13.2 Å². The van der Waals surface area contributed by atoms with Gasteiger partial charge >= 0.3 is 6.03 Å². The van der Waals surface area contributed by atoms with Gasteiger partial charge in [0, 0.05) is 25.4 Å². The van der Waals surface area contributed by atoms with Crippen molar-refractivity contribution in [2.75, 3.05) is 38.2 Å². The van der Waals surface area contributed by atoms with Gasteiger partial charge < -0.3 is 20.1 Å². The summed E-state index contributed by atoms with van der Waals surface area (Å²) in [5.41, 5.74) is 1.83. The van der Waals surface area contributed by atoms with Gasteiger partial charge in [0.15, 0.2) is 0 Å². The van der Waals surface area contributed by atoms with Crippen LogP contribution in [0.15, 0.2) is 24.3 Å². The summed E-state index contributed by atoms with van der Waals surface area (Å²) in [5, 5.41) is 11.7. The van der Waals surface area contributed by atoms with Crippen LogP contribution >= 0.6 is 0 Å². The highest BCUT2D eigenvalue weighted by Crippen LogP contribution is 2.11. The second-order valence-electron chi connectivity index (χ2n) is 4.20. The van der Waals surface area contributed by atoms with Crippen LogP contribution in [0.3, 0.4) is 0 Å². The molecule has 0 spiro atoms. The van der Waals surface area contributed by atoms with Crippen LogP contribution in [-0.2, 0) is 11.2 Å². The molecule has 0 saturated carbocycles. The first-order valence-corrected chi connectivity index (χ1v) is 6.13. The standard InChI is InChI=1S/C13H18N2O3/c16-8-5-11-1-3-12(4-2-11)14-13(17)15-6-9-18-10-7-15/h1-4,16H,5-10H2,(H,14,17). The first kappa shape index (κ1) is 12.9. The van der Waals surface area contributed by atoms with Crippen LogP contribution in [0.5, 0.6) is 0 Å². The summed E-state index contributed by atoms with van der Waals surface area (Å²) in [7, 11) is 0. The second kappa shape index (κ2) is 6.37. The minimum absolute atomic E-state index is 0.0896. The molecule has 1 aromatic carbocycles. The van der Waals surface area contributed by atoms with E-state index in [4.69, 9.17) is 9.84 Å². The molecule has 0 aromatic heterocycles. The van der Waals surface area contributed by atoms with E-state index in [0.717, 1.165) is 11.3 Å². The number of carbonyl (C=O) groups is 1. The molecule has 98 valence electrons. The Morgan fingerprint density at radius 3 is 2.56 bits per heavy atom. The average molecular weight is 250 g/mol. The number of rotatable bonds is 3. The molecule has 0 bridgehead atoms. The highest BCUT2D eigenvalue weighted by Gasteiger charge is 2.16. The van der Waals surface area contributed by atoms with Gasteiger partial charge in [0.2, 0.25) is 0 Å². The Kier molecular flexibility index (Phi) is 4.55. The number of amides is 2. The van der Waals surface area contributed by atoms with Gasteiger partial charge in [-0.1, -0.05) is 12.1 Å². The number of nitrogens with zero attached hydrogens (tertiary/aromatic N) is 1. The van der Waals surface area contributed by atoms with E-state index < -0.39 is 0 Å². The number of urea groups is 1. The zero-order chi connectivity index (χ0) is 12.8. The number of aliphatic hydroxyl groups is 1. The number of ether oxygens (including phenoxy) is 1. The van der Waals surface area contributed by atoms with Gasteiger partial charge in [-0.3, -0.25) is 0 Å². The predicted molar refractivity (Wildman–Crippen MR) is 68.6 cm³/mol. The molecule has 0 atom stereocenters. The van der Waals surface area contributed by atoms with Crippen LogP contribution in [0.25, 0.3) is 0 Å². The fourth-order valence-corrected chi connectivity index (χ4v) is 1.85. The minimum atomic E-state index is -0.0896. The summed E-state index contributed by atoms with van der Waals surface area (Å²) in [6.45, 7) is 2.61. The summed E-state index contributed by atoms with van der Waals surface area (Å²) >= 11 is 0. The molecule has 0 radical (unpaired) electrons. The van der Waals surface area contributed by atoms with E-state index in [1.807, 2.05) is 24.3 Å². The van der Waals surface area contributed by atoms with Gasteiger partial charge in [0.25, 0.3) is 0 Å². The highest BCUT2D eigenvalue weighted by molar-refractivity contribution is 5.89. The Bertz CT molecular complexity index is 386. The summed E-state index contributed by atoms with van der Waals surface area (Å²) in [5.74, 6) is 0. The number of carbonyl (C=O) groups excluding carboxylic acids is 1. The number of hydrogen-bond donors (Lipinski definition) is 2. The molecule has 1 aliphatic heterocycles. The number of benzene rings is 1. The molecular weight excluding hydrogens is 232 g/mol. The van der Waals surface area contributed by atoms with Crippen molar-refractivity contribution in [1.29, 1.82) is 0 Å². The zero-order valence-corrected chi connectivity index (χ0v) is 10.3. The minimum Gasteiger partial charge on any atom is -0.396 e. The van der Waals surface area contributed by atoms with Crippen LogP contribution in [0, 0.1) is 0 Å². The van der Waals surface area contributed by atoms with Crippen molar-refractivity contribution in [2.24, 2.45) is 0 Å². The lowest BCUT2D eigenvalue weighted by atomic mass is 10.1. The summed E-state index contributed by atoms with van der Waals surface area (Å²) in [6, 6.07) is 7.43. The van der Waals surface area contributed by atoms with Crippen LogP contribution in [0.2, 0.25) is 0 Å². The van der Waals surface area contributed by atoms with Gasteiger partial charge in [0.1, 0.15) is 0 Å². The smallest absolute Gasteiger partial charge is 0.321 e. The van der Waals surface area contributed by atoms with E-state index in [-0.39, 0.29) is 12.6 Å². The van der Waals surface area contributed by atoms with Crippen molar-refractivity contribution in [3.63, 3.8) is 0 Å². The molecule has 0 aliphatic carbocycles. The highest BCUT2D eigenvalue weighted by atomic mass is 16.5. The van der Waals surface area contributed by atoms with Crippen LogP contribution in [0.4, 0.5) is 10.5 Å². The Morgan fingerprint density at radius 1 is 1.28 bits per heavy atom. The normalized spacial score (nSPS) is 15.5. The number of morpholine rings is 1. The van der Waals surface area contributed by atoms with Crippen molar-refractivity contribution < 1.29 is 14.6 Å². The average Bonchev–Trinajstić information content (AvgIpc) is 2.42. The molecular formula is C13H18N2O3. The van der Waals surface area contributed by atoms with Crippen LogP contribution in [-0.4, -0.2) is 48.9 Å². The van der Waals surface area contributed by atoms with Gasteiger partial charge in [-0.05, 0) is 24.1 Å². The Balaban J connectivity index is 1.89. The van der Waals surface area contributed by atoms with E-state index in [1.165, 1.54) is 0 Å². The molecule has 1 aliphatic rings. The largest absolute Gasteiger partial charge is 0.396 e. The quantitative estimate of drug-likeness (QED) is 0.844. The van der Waals surface area contributed by atoms with Gasteiger partial charge in [-0.2, -0.15) is 0 Å². The van der Waals surface area contributed by atoms with Gasteiger partial charge in [-0.25, -0.2) is 4.79 Å². The van der Waals surface area contributed by atoms with E-state index in [1.54, 1.807) is 4.90 Å². The number of aliphatic hydroxyl groups excluding tert-OH is 1. The van der Waals surface area contributed by atoms with E-state index >= 15 is 0 Å². The number of nitrogens with one attached hydrogen (secondary N) is 1. The Labute approximate surface area is 106 Å². The Hall–Kier alpha value is -1.59. The van der Waals surface area contributed by atoms with Crippen LogP contribution in [0.1, 0.15) is 5.56 Å². The number of hydrogen-bond acceptors (Lipinski definition) is 3. The fourth-order valence-electron chi connectivity index (χ4n) is 1.85. The van der Waals surface area contributed by atoms with E-state index in [9.17, 15) is 4.79 Å². The molecule has 1 saturated heterocycles. The van der Waals surface area contributed by atoms with Crippen molar-refractivity contribution in [3.05, 3.63) is 29.8 Å². The third-order valence-corrected chi connectivity index (χ3v) is 2.90. The van der Waals surface area contributed by atoms with E-state index in [2.05, 4.69) is 5.32 Å². The molecule has 2 amide bonds. The zero-order valence-electron chi connectivity index (χ0n) is 10.3. The lowest BCUT2D eigenvalue weighted by molar-refractivity contribution is 0.0564. The SMILES string of the molecule is O=C(Nc1ccc(CCO)cc1)N1CCOCC1. The maximum Gasteiger partial charge on any atom is 0.321 e. The fraction of sp³-hybridized carbons (Fsp3) is 0.462. The molecule has 2 rings (SSSR count).